The van der Waals surface area contributed by atoms with Gasteiger partial charge in [0.15, 0.2) is 0 Å². The van der Waals surface area contributed by atoms with Crippen molar-refractivity contribution >= 4 is 0 Å². The van der Waals surface area contributed by atoms with Gasteiger partial charge in [0.2, 0.25) is 0 Å². The first kappa shape index (κ1) is 24.1. The molecule has 0 aromatic carbocycles. The van der Waals surface area contributed by atoms with E-state index in [9.17, 15) is 0 Å². The second-order valence-electron chi connectivity index (χ2n) is 1.97. The molecule has 0 radical (unpaired) electrons. The largest absolute Gasteiger partial charge is 0.397 e. The fourth-order valence-electron chi connectivity index (χ4n) is 0.0577. The summed E-state index contributed by atoms with van der Waals surface area (Å²) >= 11 is 0. The van der Waals surface area contributed by atoms with Gasteiger partial charge in [0.05, 0.1) is 13.2 Å². The van der Waals surface area contributed by atoms with E-state index in [1.165, 1.54) is 0 Å². The lowest BCUT2D eigenvalue weighted by molar-refractivity contribution is 0.0450. The number of rotatable bonds is 2. The van der Waals surface area contributed by atoms with Crippen LogP contribution < -0.4 is 0 Å². The Kier molecular flexibility index (Phi) is 59.9. The molecule has 0 bridgehead atoms. The van der Waals surface area contributed by atoms with Crippen LogP contribution in [0.15, 0.2) is 0 Å². The highest BCUT2D eigenvalue weighted by molar-refractivity contribution is 4.43. The third-order valence-corrected chi connectivity index (χ3v) is 0.421. The molecular weight excluding hydrogens is 204 g/mol. The Morgan fingerprint density at radius 1 is 0.667 bits per heavy atom. The molecule has 6 heteroatoms. The summed E-state index contributed by atoms with van der Waals surface area (Å²) < 4.78 is 0. The molecule has 6 N–H and O–H groups in total. The van der Waals surface area contributed by atoms with Crippen LogP contribution in [0.25, 0.3) is 0 Å². The van der Waals surface area contributed by atoms with Crippen molar-refractivity contribution in [3.8, 4) is 0 Å². The van der Waals surface area contributed by atoms with E-state index in [1.807, 2.05) is 0 Å². The predicted octanol–water partition coefficient (Wildman–Crippen LogP) is -1.67. The van der Waals surface area contributed by atoms with Gasteiger partial charge in [-0.2, -0.15) is 0 Å². The molecule has 15 heavy (non-hydrogen) atoms. The van der Waals surface area contributed by atoms with Crippen LogP contribution in [0.2, 0.25) is 0 Å². The molecule has 0 heterocycles. The maximum atomic E-state index is 8.17. The van der Waals surface area contributed by atoms with Gasteiger partial charge in [-0.25, -0.2) is 0 Å². The molecule has 0 fully saturated rings. The van der Waals surface area contributed by atoms with E-state index in [1.54, 1.807) is 20.8 Å². The van der Waals surface area contributed by atoms with E-state index < -0.39 is 6.10 Å². The first-order chi connectivity index (χ1) is 7.05. The first-order valence-electron chi connectivity index (χ1n) is 4.78. The van der Waals surface area contributed by atoms with Gasteiger partial charge in [-0.3, -0.25) is 0 Å². The van der Waals surface area contributed by atoms with Crippen LogP contribution in [-0.4, -0.2) is 69.8 Å². The summed E-state index contributed by atoms with van der Waals surface area (Å²) in [7, 11) is 0. The number of aliphatic hydroxyl groups excluding tert-OH is 6. The van der Waals surface area contributed by atoms with Crippen molar-refractivity contribution < 1.29 is 30.6 Å². The molecule has 0 spiro atoms. The highest BCUT2D eigenvalue weighted by Crippen LogP contribution is 1.71. The summed E-state index contributed by atoms with van der Waals surface area (Å²) in [5.41, 5.74) is 0. The smallest absolute Gasteiger partial charge is 0.100 e. The van der Waals surface area contributed by atoms with Gasteiger partial charge in [-0.15, -0.1) is 0 Å². The number of aliphatic hydroxyl groups is 6. The SMILES string of the molecule is CCO.CCO.CCO.OCC(O)CO. The Balaban J connectivity index is -0.0000000581. The zero-order valence-corrected chi connectivity index (χ0v) is 9.80. The molecule has 0 unspecified atom stereocenters. The normalized spacial score (nSPS) is 7.60. The number of hydrogen-bond donors (Lipinski definition) is 6. The monoisotopic (exact) mass is 230 g/mol. The summed E-state index contributed by atoms with van der Waals surface area (Å²) in [6.07, 6.45) is -0.954. The number of hydrogen-bond acceptors (Lipinski definition) is 6. The molecule has 0 aromatic rings. The topological polar surface area (TPSA) is 121 Å². The Labute approximate surface area is 91.4 Å². The fourth-order valence-corrected chi connectivity index (χ4v) is 0.0577. The van der Waals surface area contributed by atoms with Crippen molar-refractivity contribution in [3.63, 3.8) is 0 Å². The van der Waals surface area contributed by atoms with Crippen molar-refractivity contribution in [1.82, 2.24) is 0 Å². The highest BCUT2D eigenvalue weighted by Gasteiger charge is 1.93. The van der Waals surface area contributed by atoms with Crippen LogP contribution >= 0.6 is 0 Å². The Hall–Kier alpha value is -0.240. The predicted molar refractivity (Wildman–Crippen MR) is 58.5 cm³/mol. The minimum Gasteiger partial charge on any atom is -0.397 e. The lowest BCUT2D eigenvalue weighted by Crippen LogP contribution is -2.15. The van der Waals surface area contributed by atoms with Crippen LogP contribution in [0.1, 0.15) is 20.8 Å². The molecule has 0 saturated carbocycles. The minimum absolute atomic E-state index is 0.250. The Morgan fingerprint density at radius 3 is 0.800 bits per heavy atom. The average Bonchev–Trinajstić information content (AvgIpc) is 2.20. The van der Waals surface area contributed by atoms with Crippen molar-refractivity contribution in [1.29, 1.82) is 0 Å². The lowest BCUT2D eigenvalue weighted by Gasteiger charge is -1.96. The van der Waals surface area contributed by atoms with Gasteiger partial charge < -0.3 is 30.6 Å². The molecule has 0 amide bonds. The molecular formula is C9H26O6. The van der Waals surface area contributed by atoms with Crippen molar-refractivity contribution in [3.05, 3.63) is 0 Å². The van der Waals surface area contributed by atoms with Gasteiger partial charge in [0, 0.05) is 19.8 Å². The van der Waals surface area contributed by atoms with E-state index in [-0.39, 0.29) is 33.0 Å². The summed E-state index contributed by atoms with van der Waals surface area (Å²) in [6, 6.07) is 0. The van der Waals surface area contributed by atoms with E-state index in [0.717, 1.165) is 0 Å². The summed E-state index contributed by atoms with van der Waals surface area (Å²) in [6.45, 7) is 5.06. The fraction of sp³-hybridized carbons (Fsp3) is 1.00. The van der Waals surface area contributed by atoms with Crippen LogP contribution in [0, 0.1) is 0 Å². The highest BCUT2D eigenvalue weighted by atomic mass is 16.3. The minimum atomic E-state index is -0.954. The van der Waals surface area contributed by atoms with E-state index in [2.05, 4.69) is 0 Å². The van der Waals surface area contributed by atoms with E-state index >= 15 is 0 Å². The van der Waals surface area contributed by atoms with Gasteiger partial charge >= 0.3 is 0 Å². The van der Waals surface area contributed by atoms with Crippen LogP contribution in [0.4, 0.5) is 0 Å². The molecule has 0 saturated heterocycles. The molecule has 0 atom stereocenters. The Bertz CT molecular complexity index is 53.8. The van der Waals surface area contributed by atoms with Gasteiger partial charge in [-0.05, 0) is 20.8 Å². The third kappa shape index (κ3) is 135. The average molecular weight is 230 g/mol. The molecule has 6 nitrogen and oxygen atoms in total. The second kappa shape index (κ2) is 37.2. The molecule has 0 aliphatic rings. The zero-order chi connectivity index (χ0) is 13.1. The quantitative estimate of drug-likeness (QED) is 0.337. The molecule has 0 rings (SSSR count). The third-order valence-electron chi connectivity index (χ3n) is 0.421. The first-order valence-corrected chi connectivity index (χ1v) is 4.78. The van der Waals surface area contributed by atoms with E-state index in [0.29, 0.717) is 0 Å². The van der Waals surface area contributed by atoms with E-state index in [4.69, 9.17) is 30.6 Å². The summed E-state index contributed by atoms with van der Waals surface area (Å²) in [4.78, 5) is 0. The second-order valence-corrected chi connectivity index (χ2v) is 1.97. The lowest BCUT2D eigenvalue weighted by atomic mass is 10.4. The summed E-state index contributed by atoms with van der Waals surface area (Å²) in [5, 5.41) is 46.7. The molecule has 0 aromatic heterocycles. The molecule has 0 aliphatic heterocycles. The molecule has 98 valence electrons. The zero-order valence-electron chi connectivity index (χ0n) is 9.80. The van der Waals surface area contributed by atoms with Gasteiger partial charge in [0.1, 0.15) is 6.10 Å². The van der Waals surface area contributed by atoms with Gasteiger partial charge in [-0.1, -0.05) is 0 Å². The summed E-state index contributed by atoms with van der Waals surface area (Å²) in [5.74, 6) is 0. The maximum Gasteiger partial charge on any atom is 0.100 e. The van der Waals surface area contributed by atoms with Crippen molar-refractivity contribution in [2.45, 2.75) is 26.9 Å². The molecule has 0 aliphatic carbocycles. The maximum absolute atomic E-state index is 8.17. The van der Waals surface area contributed by atoms with Crippen LogP contribution in [-0.2, 0) is 0 Å². The van der Waals surface area contributed by atoms with Crippen LogP contribution in [0.3, 0.4) is 0 Å². The van der Waals surface area contributed by atoms with Crippen molar-refractivity contribution in [2.24, 2.45) is 0 Å². The standard InChI is InChI=1S/C3H8O3.3C2H6O/c4-1-3(6)2-5;3*1-2-3/h3-6H,1-2H2;3*3H,2H2,1H3. The Morgan fingerprint density at radius 2 is 0.800 bits per heavy atom. The van der Waals surface area contributed by atoms with Crippen molar-refractivity contribution in [2.75, 3.05) is 33.0 Å². The van der Waals surface area contributed by atoms with Crippen LogP contribution in [0.5, 0.6) is 0 Å². The van der Waals surface area contributed by atoms with Gasteiger partial charge in [0.25, 0.3) is 0 Å².